The van der Waals surface area contributed by atoms with Crippen LogP contribution in [0.4, 0.5) is 0 Å². The van der Waals surface area contributed by atoms with E-state index in [1.807, 2.05) is 25.1 Å². The topological polar surface area (TPSA) is 87.6 Å². The Bertz CT molecular complexity index is 920. The van der Waals surface area contributed by atoms with Crippen LogP contribution in [-0.2, 0) is 10.0 Å². The number of aliphatic imine (C=N–C) groups is 1. The maximum atomic E-state index is 12.0. The minimum Gasteiger partial charge on any atom is -0.350 e. The van der Waals surface area contributed by atoms with E-state index in [1.54, 1.807) is 30.3 Å². The van der Waals surface area contributed by atoms with E-state index in [9.17, 15) is 13.2 Å². The summed E-state index contributed by atoms with van der Waals surface area (Å²) < 4.78 is 26.4. The molecule has 0 radical (unpaired) electrons. The van der Waals surface area contributed by atoms with Crippen molar-refractivity contribution in [3.8, 4) is 0 Å². The Labute approximate surface area is 140 Å². The third kappa shape index (κ3) is 3.30. The van der Waals surface area contributed by atoms with Gasteiger partial charge >= 0.3 is 0 Å². The van der Waals surface area contributed by atoms with E-state index >= 15 is 0 Å². The monoisotopic (exact) mass is 343 g/mol. The lowest BCUT2D eigenvalue weighted by Crippen LogP contribution is -2.27. The highest BCUT2D eigenvalue weighted by molar-refractivity contribution is 7.90. The largest absolute Gasteiger partial charge is 0.350 e. The first-order valence-corrected chi connectivity index (χ1v) is 8.97. The Balaban J connectivity index is 1.63. The average molecular weight is 343 g/mol. The predicted molar refractivity (Wildman–Crippen MR) is 91.7 cm³/mol. The van der Waals surface area contributed by atoms with E-state index in [1.165, 1.54) is 0 Å². The Morgan fingerprint density at radius 1 is 1.17 bits per heavy atom. The van der Waals surface area contributed by atoms with Crippen LogP contribution in [0.2, 0.25) is 0 Å². The van der Waals surface area contributed by atoms with Crippen molar-refractivity contribution in [2.45, 2.75) is 11.8 Å². The lowest BCUT2D eigenvalue weighted by molar-refractivity contribution is 0.0954. The minimum absolute atomic E-state index is 0.175. The molecule has 2 aromatic carbocycles. The lowest BCUT2D eigenvalue weighted by atomic mass is 10.1. The van der Waals surface area contributed by atoms with Crippen molar-refractivity contribution >= 4 is 21.8 Å². The number of nitrogens with one attached hydrogen (secondary N) is 2. The van der Waals surface area contributed by atoms with Gasteiger partial charge in [-0.3, -0.25) is 14.5 Å². The van der Waals surface area contributed by atoms with Crippen molar-refractivity contribution in [3.63, 3.8) is 0 Å². The molecule has 0 saturated carbocycles. The molecule has 0 fully saturated rings. The molecule has 24 heavy (non-hydrogen) atoms. The molecule has 1 aliphatic heterocycles. The number of rotatable bonds is 4. The van der Waals surface area contributed by atoms with Gasteiger partial charge < -0.3 is 5.32 Å². The maximum absolute atomic E-state index is 12.0. The van der Waals surface area contributed by atoms with Crippen LogP contribution in [-0.4, -0.2) is 33.3 Å². The SMILES string of the molecule is Cc1cccc(C(=O)NCCN=C2NS(=O)(=O)c3ccccc32)c1. The van der Waals surface area contributed by atoms with Gasteiger partial charge in [0.1, 0.15) is 5.84 Å². The summed E-state index contributed by atoms with van der Waals surface area (Å²) in [5.41, 5.74) is 2.16. The van der Waals surface area contributed by atoms with Gasteiger partial charge in [0.15, 0.2) is 0 Å². The number of fused-ring (bicyclic) bond motifs is 1. The van der Waals surface area contributed by atoms with Gasteiger partial charge in [-0.1, -0.05) is 29.8 Å². The molecule has 0 aliphatic carbocycles. The third-order valence-electron chi connectivity index (χ3n) is 3.61. The molecule has 1 heterocycles. The van der Waals surface area contributed by atoms with E-state index in [-0.39, 0.29) is 17.3 Å². The maximum Gasteiger partial charge on any atom is 0.263 e. The molecule has 0 spiro atoms. The zero-order valence-corrected chi connectivity index (χ0v) is 13.9. The summed E-state index contributed by atoms with van der Waals surface area (Å²) in [4.78, 5) is 16.5. The van der Waals surface area contributed by atoms with Gasteiger partial charge in [0.25, 0.3) is 15.9 Å². The van der Waals surface area contributed by atoms with Gasteiger partial charge in [0.2, 0.25) is 0 Å². The molecule has 124 valence electrons. The molecular formula is C17H17N3O3S. The minimum atomic E-state index is -3.52. The fourth-order valence-corrected chi connectivity index (χ4v) is 3.73. The van der Waals surface area contributed by atoms with E-state index in [2.05, 4.69) is 15.0 Å². The van der Waals surface area contributed by atoms with Gasteiger partial charge in [0.05, 0.1) is 11.4 Å². The summed E-state index contributed by atoms with van der Waals surface area (Å²) in [5.74, 6) is 0.140. The van der Waals surface area contributed by atoms with Crippen LogP contribution in [0.1, 0.15) is 21.5 Å². The molecule has 0 unspecified atom stereocenters. The molecule has 0 bridgehead atoms. The second-order valence-corrected chi connectivity index (χ2v) is 7.11. The van der Waals surface area contributed by atoms with Crippen LogP contribution in [0.25, 0.3) is 0 Å². The number of carbonyl (C=O) groups is 1. The summed E-state index contributed by atoms with van der Waals surface area (Å²) in [7, 11) is -3.52. The van der Waals surface area contributed by atoms with E-state index in [4.69, 9.17) is 0 Å². The Kier molecular flexibility index (Phi) is 4.35. The molecule has 0 atom stereocenters. The molecule has 1 amide bonds. The first kappa shape index (κ1) is 16.2. The van der Waals surface area contributed by atoms with Crippen LogP contribution in [0.3, 0.4) is 0 Å². The number of amidine groups is 1. The van der Waals surface area contributed by atoms with Crippen LogP contribution in [0, 0.1) is 6.92 Å². The van der Waals surface area contributed by atoms with E-state index in [0.717, 1.165) is 5.56 Å². The second-order valence-electron chi connectivity index (χ2n) is 5.46. The number of amides is 1. The quantitative estimate of drug-likeness (QED) is 0.824. The van der Waals surface area contributed by atoms with Crippen molar-refractivity contribution in [1.82, 2.24) is 10.0 Å². The van der Waals surface area contributed by atoms with Crippen molar-refractivity contribution in [3.05, 3.63) is 65.2 Å². The van der Waals surface area contributed by atoms with Crippen LogP contribution in [0.15, 0.2) is 58.4 Å². The van der Waals surface area contributed by atoms with Gasteiger partial charge in [-0.15, -0.1) is 0 Å². The van der Waals surface area contributed by atoms with Crippen molar-refractivity contribution in [2.24, 2.45) is 4.99 Å². The van der Waals surface area contributed by atoms with Crippen molar-refractivity contribution < 1.29 is 13.2 Å². The summed E-state index contributed by atoms with van der Waals surface area (Å²) in [6.45, 7) is 2.52. The summed E-state index contributed by atoms with van der Waals surface area (Å²) >= 11 is 0. The number of aryl methyl sites for hydroxylation is 1. The normalized spacial score (nSPS) is 16.5. The fourth-order valence-electron chi connectivity index (χ4n) is 2.48. The zero-order chi connectivity index (χ0) is 17.2. The number of nitrogens with zero attached hydrogens (tertiary/aromatic N) is 1. The highest BCUT2D eigenvalue weighted by Crippen LogP contribution is 2.21. The smallest absolute Gasteiger partial charge is 0.263 e. The Morgan fingerprint density at radius 2 is 1.96 bits per heavy atom. The number of carbonyl (C=O) groups excluding carboxylic acids is 1. The molecule has 0 aromatic heterocycles. The lowest BCUT2D eigenvalue weighted by Gasteiger charge is -2.05. The Morgan fingerprint density at radius 3 is 2.75 bits per heavy atom. The molecule has 1 aliphatic rings. The Hall–Kier alpha value is -2.67. The van der Waals surface area contributed by atoms with Crippen LogP contribution >= 0.6 is 0 Å². The third-order valence-corrected chi connectivity index (χ3v) is 5.01. The molecule has 0 saturated heterocycles. The number of benzene rings is 2. The summed E-state index contributed by atoms with van der Waals surface area (Å²) in [5, 5.41) is 2.77. The molecule has 6 nitrogen and oxygen atoms in total. The molecule has 2 N–H and O–H groups in total. The molecular weight excluding hydrogens is 326 g/mol. The number of hydrogen-bond donors (Lipinski definition) is 2. The first-order valence-electron chi connectivity index (χ1n) is 7.49. The van der Waals surface area contributed by atoms with E-state index < -0.39 is 10.0 Å². The summed E-state index contributed by atoms with van der Waals surface area (Å²) in [6.07, 6.45) is 0. The van der Waals surface area contributed by atoms with Crippen molar-refractivity contribution in [2.75, 3.05) is 13.1 Å². The van der Waals surface area contributed by atoms with Crippen LogP contribution < -0.4 is 10.0 Å². The molecule has 2 aromatic rings. The van der Waals surface area contributed by atoms with E-state index in [0.29, 0.717) is 23.5 Å². The highest BCUT2D eigenvalue weighted by Gasteiger charge is 2.29. The molecule has 7 heteroatoms. The zero-order valence-electron chi connectivity index (χ0n) is 13.1. The predicted octanol–water partition coefficient (Wildman–Crippen LogP) is 1.46. The van der Waals surface area contributed by atoms with Crippen LogP contribution in [0.5, 0.6) is 0 Å². The van der Waals surface area contributed by atoms with Gasteiger partial charge in [-0.2, -0.15) is 0 Å². The first-order chi connectivity index (χ1) is 11.5. The number of sulfonamides is 1. The van der Waals surface area contributed by atoms with Gasteiger partial charge in [-0.25, -0.2) is 8.42 Å². The highest BCUT2D eigenvalue weighted by atomic mass is 32.2. The number of hydrogen-bond acceptors (Lipinski definition) is 4. The molecule has 3 rings (SSSR count). The summed E-state index contributed by atoms with van der Waals surface area (Å²) in [6, 6.07) is 14.0. The second kappa shape index (κ2) is 6.45. The van der Waals surface area contributed by atoms with Gasteiger partial charge in [0, 0.05) is 17.7 Å². The van der Waals surface area contributed by atoms with Crippen molar-refractivity contribution in [1.29, 1.82) is 0 Å². The fraction of sp³-hybridized carbons (Fsp3) is 0.176. The van der Waals surface area contributed by atoms with Gasteiger partial charge in [-0.05, 0) is 31.2 Å². The standard InChI is InChI=1S/C17H17N3O3S/c1-12-5-4-6-13(11-12)17(21)19-10-9-18-16-14-7-2-3-8-15(14)24(22,23)20-16/h2-8,11H,9-10H2,1H3,(H,18,20)(H,19,21). The average Bonchev–Trinajstić information content (AvgIpc) is 2.83.